The lowest BCUT2D eigenvalue weighted by Crippen LogP contribution is -2.06. The first kappa shape index (κ1) is 12.6. The van der Waals surface area contributed by atoms with Gasteiger partial charge in [-0.05, 0) is 30.8 Å². The lowest BCUT2D eigenvalue weighted by Gasteiger charge is -2.03. The van der Waals surface area contributed by atoms with Crippen molar-refractivity contribution >= 4 is 16.9 Å². The third-order valence-corrected chi connectivity index (χ3v) is 3.19. The van der Waals surface area contributed by atoms with Crippen molar-refractivity contribution in [2.24, 2.45) is 0 Å². The zero-order valence-corrected chi connectivity index (χ0v) is 11.1. The Morgan fingerprint density at radius 2 is 1.90 bits per heavy atom. The zero-order valence-electron chi connectivity index (χ0n) is 11.1. The number of oxazole rings is 1. The van der Waals surface area contributed by atoms with Crippen LogP contribution in [0.15, 0.2) is 53.3 Å². The van der Waals surface area contributed by atoms with Crippen molar-refractivity contribution < 1.29 is 9.21 Å². The van der Waals surface area contributed by atoms with Crippen LogP contribution in [0.2, 0.25) is 0 Å². The van der Waals surface area contributed by atoms with Crippen LogP contribution in [0.1, 0.15) is 21.5 Å². The Labute approximate surface area is 116 Å². The van der Waals surface area contributed by atoms with E-state index in [0.29, 0.717) is 16.7 Å². The van der Waals surface area contributed by atoms with E-state index < -0.39 is 0 Å². The fraction of sp³-hybridized carbons (Fsp3) is 0.125. The number of hydrogen-bond acceptors (Lipinski definition) is 4. The number of fused-ring (bicyclic) bond motifs is 1. The SMILES string of the molecule is CNCc1ccc(C(=O)c2ccc3ncoc3c2)cc1. The summed E-state index contributed by atoms with van der Waals surface area (Å²) in [7, 11) is 1.89. The van der Waals surface area contributed by atoms with Crippen LogP contribution in [0.4, 0.5) is 0 Å². The van der Waals surface area contributed by atoms with Crippen LogP contribution in [0, 0.1) is 0 Å². The standard InChI is InChI=1S/C16H14N2O2/c1-17-9-11-2-4-12(5-3-11)16(19)13-6-7-14-15(8-13)20-10-18-14/h2-8,10,17H,9H2,1H3. The van der Waals surface area contributed by atoms with Crippen LogP contribution in [-0.4, -0.2) is 17.8 Å². The predicted molar refractivity (Wildman–Crippen MR) is 76.6 cm³/mol. The Hall–Kier alpha value is -2.46. The molecule has 0 amide bonds. The van der Waals surface area contributed by atoms with E-state index in [0.717, 1.165) is 17.6 Å². The fourth-order valence-corrected chi connectivity index (χ4v) is 2.14. The molecule has 20 heavy (non-hydrogen) atoms. The van der Waals surface area contributed by atoms with E-state index >= 15 is 0 Å². The van der Waals surface area contributed by atoms with Crippen molar-refractivity contribution in [2.45, 2.75) is 6.54 Å². The summed E-state index contributed by atoms with van der Waals surface area (Å²) >= 11 is 0. The first-order chi connectivity index (χ1) is 9.78. The molecule has 2 aromatic carbocycles. The topological polar surface area (TPSA) is 55.1 Å². The van der Waals surface area contributed by atoms with Gasteiger partial charge in [0.05, 0.1) is 0 Å². The second-order valence-electron chi connectivity index (χ2n) is 4.59. The average molecular weight is 266 g/mol. The van der Waals surface area contributed by atoms with Gasteiger partial charge in [-0.25, -0.2) is 4.98 Å². The number of carbonyl (C=O) groups is 1. The molecule has 0 aliphatic rings. The van der Waals surface area contributed by atoms with Crippen molar-refractivity contribution in [3.63, 3.8) is 0 Å². The third-order valence-electron chi connectivity index (χ3n) is 3.19. The van der Waals surface area contributed by atoms with E-state index in [1.54, 1.807) is 18.2 Å². The van der Waals surface area contributed by atoms with Gasteiger partial charge < -0.3 is 9.73 Å². The molecule has 0 saturated carbocycles. The highest BCUT2D eigenvalue weighted by atomic mass is 16.3. The largest absolute Gasteiger partial charge is 0.443 e. The van der Waals surface area contributed by atoms with Gasteiger partial charge in [-0.1, -0.05) is 24.3 Å². The monoisotopic (exact) mass is 266 g/mol. The van der Waals surface area contributed by atoms with Gasteiger partial charge >= 0.3 is 0 Å². The predicted octanol–water partition coefficient (Wildman–Crippen LogP) is 2.78. The summed E-state index contributed by atoms with van der Waals surface area (Å²) in [6.07, 6.45) is 1.38. The number of benzene rings is 2. The highest BCUT2D eigenvalue weighted by Gasteiger charge is 2.10. The molecule has 4 heteroatoms. The van der Waals surface area contributed by atoms with Gasteiger partial charge in [0, 0.05) is 17.7 Å². The zero-order chi connectivity index (χ0) is 13.9. The highest BCUT2D eigenvalue weighted by molar-refractivity contribution is 6.10. The smallest absolute Gasteiger partial charge is 0.193 e. The number of rotatable bonds is 4. The number of carbonyl (C=O) groups excluding carboxylic acids is 1. The Kier molecular flexibility index (Phi) is 3.31. The molecule has 0 saturated heterocycles. The molecule has 0 fully saturated rings. The molecule has 1 aromatic heterocycles. The van der Waals surface area contributed by atoms with Gasteiger partial charge in [0.15, 0.2) is 17.8 Å². The molecule has 0 bridgehead atoms. The summed E-state index contributed by atoms with van der Waals surface area (Å²) in [4.78, 5) is 16.4. The molecule has 0 spiro atoms. The normalized spacial score (nSPS) is 10.8. The summed E-state index contributed by atoms with van der Waals surface area (Å²) in [5.74, 6) is -0.0145. The average Bonchev–Trinajstić information content (AvgIpc) is 2.95. The van der Waals surface area contributed by atoms with E-state index in [1.807, 2.05) is 31.3 Å². The summed E-state index contributed by atoms with van der Waals surface area (Å²) < 4.78 is 5.22. The van der Waals surface area contributed by atoms with Crippen LogP contribution >= 0.6 is 0 Å². The van der Waals surface area contributed by atoms with Crippen LogP contribution < -0.4 is 5.32 Å². The van der Waals surface area contributed by atoms with Crippen LogP contribution in [0.25, 0.3) is 11.1 Å². The molecule has 4 nitrogen and oxygen atoms in total. The molecule has 0 aliphatic carbocycles. The van der Waals surface area contributed by atoms with Crippen molar-refractivity contribution in [1.82, 2.24) is 10.3 Å². The van der Waals surface area contributed by atoms with Gasteiger partial charge in [-0.3, -0.25) is 4.79 Å². The van der Waals surface area contributed by atoms with Gasteiger partial charge in [-0.2, -0.15) is 0 Å². The van der Waals surface area contributed by atoms with Crippen molar-refractivity contribution in [3.8, 4) is 0 Å². The van der Waals surface area contributed by atoms with Crippen LogP contribution in [0.3, 0.4) is 0 Å². The Balaban J connectivity index is 1.90. The molecule has 0 radical (unpaired) electrons. The third kappa shape index (κ3) is 2.33. The van der Waals surface area contributed by atoms with E-state index in [1.165, 1.54) is 6.39 Å². The Bertz CT molecular complexity index is 745. The Morgan fingerprint density at radius 1 is 1.15 bits per heavy atom. The summed E-state index contributed by atoms with van der Waals surface area (Å²) in [5, 5.41) is 3.08. The minimum atomic E-state index is -0.0145. The maximum absolute atomic E-state index is 12.4. The van der Waals surface area contributed by atoms with Gasteiger partial charge in [0.25, 0.3) is 0 Å². The molecule has 3 aromatic rings. The number of nitrogens with zero attached hydrogens (tertiary/aromatic N) is 1. The van der Waals surface area contributed by atoms with Gasteiger partial charge in [0.2, 0.25) is 0 Å². The summed E-state index contributed by atoms with van der Waals surface area (Å²) in [6, 6.07) is 12.9. The minimum absolute atomic E-state index is 0.0145. The second-order valence-corrected chi connectivity index (χ2v) is 4.59. The highest BCUT2D eigenvalue weighted by Crippen LogP contribution is 2.17. The summed E-state index contributed by atoms with van der Waals surface area (Å²) in [6.45, 7) is 0.790. The molecule has 1 N–H and O–H groups in total. The molecule has 1 heterocycles. The molecule has 3 rings (SSSR count). The van der Waals surface area contributed by atoms with Crippen molar-refractivity contribution in [3.05, 3.63) is 65.5 Å². The molecule has 0 aliphatic heterocycles. The fourth-order valence-electron chi connectivity index (χ4n) is 2.14. The molecular formula is C16H14N2O2. The second kappa shape index (κ2) is 5.27. The van der Waals surface area contributed by atoms with Crippen molar-refractivity contribution in [1.29, 1.82) is 0 Å². The van der Waals surface area contributed by atoms with Crippen LogP contribution in [0.5, 0.6) is 0 Å². The van der Waals surface area contributed by atoms with E-state index in [-0.39, 0.29) is 5.78 Å². The first-order valence-electron chi connectivity index (χ1n) is 6.39. The number of hydrogen-bond donors (Lipinski definition) is 1. The lowest BCUT2D eigenvalue weighted by atomic mass is 10.0. The Morgan fingerprint density at radius 3 is 2.65 bits per heavy atom. The van der Waals surface area contributed by atoms with Crippen molar-refractivity contribution in [2.75, 3.05) is 7.05 Å². The van der Waals surface area contributed by atoms with Gasteiger partial charge in [0.1, 0.15) is 5.52 Å². The molecular weight excluding hydrogens is 252 g/mol. The summed E-state index contributed by atoms with van der Waals surface area (Å²) in [5.41, 5.74) is 3.81. The number of nitrogens with one attached hydrogen (secondary N) is 1. The van der Waals surface area contributed by atoms with E-state index in [4.69, 9.17) is 4.42 Å². The number of aromatic nitrogens is 1. The quantitative estimate of drug-likeness (QED) is 0.738. The molecule has 100 valence electrons. The molecule has 0 unspecified atom stereocenters. The van der Waals surface area contributed by atoms with E-state index in [9.17, 15) is 4.79 Å². The van der Waals surface area contributed by atoms with E-state index in [2.05, 4.69) is 10.3 Å². The maximum atomic E-state index is 12.4. The first-order valence-corrected chi connectivity index (χ1v) is 6.39. The number of ketones is 1. The minimum Gasteiger partial charge on any atom is -0.443 e. The maximum Gasteiger partial charge on any atom is 0.193 e. The van der Waals surface area contributed by atoms with Crippen LogP contribution in [-0.2, 0) is 6.54 Å². The van der Waals surface area contributed by atoms with Gasteiger partial charge in [-0.15, -0.1) is 0 Å². The molecule has 0 atom stereocenters. The lowest BCUT2D eigenvalue weighted by molar-refractivity contribution is 0.103.